The fraction of sp³-hybridized carbons (Fsp3) is 1.00. The molecule has 1 fully saturated rings. The van der Waals surface area contributed by atoms with Gasteiger partial charge in [-0.15, -0.1) is 0 Å². The first-order valence-electron chi connectivity index (χ1n) is 5.08. The summed E-state index contributed by atoms with van der Waals surface area (Å²) in [4.78, 5) is 2.49. The summed E-state index contributed by atoms with van der Waals surface area (Å²) < 4.78 is 0. The Morgan fingerprint density at radius 2 is 2.15 bits per heavy atom. The van der Waals surface area contributed by atoms with E-state index in [9.17, 15) is 0 Å². The molecule has 0 radical (unpaired) electrons. The highest BCUT2D eigenvalue weighted by Gasteiger charge is 2.46. The van der Waals surface area contributed by atoms with Gasteiger partial charge >= 0.3 is 0 Å². The number of hydrogen-bond donors (Lipinski definition) is 1. The highest BCUT2D eigenvalue weighted by Crippen LogP contribution is 2.41. The van der Waals surface area contributed by atoms with Gasteiger partial charge in [-0.25, -0.2) is 0 Å². The van der Waals surface area contributed by atoms with Crippen LogP contribution in [0.3, 0.4) is 0 Å². The van der Waals surface area contributed by atoms with Gasteiger partial charge in [0.2, 0.25) is 0 Å². The lowest BCUT2D eigenvalue weighted by molar-refractivity contribution is 0.166. The van der Waals surface area contributed by atoms with Crippen LogP contribution in [-0.4, -0.2) is 42.1 Å². The van der Waals surface area contributed by atoms with Gasteiger partial charge in [-0.05, 0) is 45.2 Å². The summed E-state index contributed by atoms with van der Waals surface area (Å²) >= 11 is 1.93. The third-order valence-electron chi connectivity index (χ3n) is 3.36. The Kier molecular flexibility index (Phi) is 4.07. The average molecular weight is 202 g/mol. The van der Waals surface area contributed by atoms with E-state index in [1.54, 1.807) is 0 Å². The molecule has 1 aliphatic rings. The van der Waals surface area contributed by atoms with Gasteiger partial charge in [-0.2, -0.15) is 11.8 Å². The Morgan fingerprint density at radius 3 is 2.54 bits per heavy atom. The van der Waals surface area contributed by atoms with Crippen LogP contribution in [0.15, 0.2) is 0 Å². The Hall–Kier alpha value is 0.270. The second-order valence-electron chi connectivity index (χ2n) is 4.17. The van der Waals surface area contributed by atoms with E-state index in [4.69, 9.17) is 5.73 Å². The molecule has 0 aromatic heterocycles. The Bertz CT molecular complexity index is 157. The molecule has 2 N–H and O–H groups in total. The van der Waals surface area contributed by atoms with Gasteiger partial charge in [0, 0.05) is 18.1 Å². The number of nitrogens with zero attached hydrogens (tertiary/aromatic N) is 1. The van der Waals surface area contributed by atoms with Crippen LogP contribution >= 0.6 is 11.8 Å². The number of likely N-dealkylation sites (N-methyl/N-ethyl adjacent to an activating group) is 1. The Balaban J connectivity index is 2.33. The maximum absolute atomic E-state index is 5.79. The van der Waals surface area contributed by atoms with E-state index in [0.29, 0.717) is 11.6 Å². The summed E-state index contributed by atoms with van der Waals surface area (Å²) in [5.74, 6) is 1.26. The second-order valence-corrected chi connectivity index (χ2v) is 5.16. The van der Waals surface area contributed by atoms with Crippen LogP contribution < -0.4 is 5.73 Å². The predicted molar refractivity (Wildman–Crippen MR) is 61.2 cm³/mol. The Labute approximate surface area is 86.2 Å². The van der Waals surface area contributed by atoms with E-state index in [2.05, 4.69) is 25.1 Å². The normalized spacial score (nSPS) is 21.9. The van der Waals surface area contributed by atoms with Crippen molar-refractivity contribution < 1.29 is 0 Å². The molecule has 0 aromatic rings. The molecule has 0 aliphatic heterocycles. The summed E-state index contributed by atoms with van der Waals surface area (Å²) in [7, 11) is 2.23. The van der Waals surface area contributed by atoms with Crippen molar-refractivity contribution in [3.8, 4) is 0 Å². The van der Waals surface area contributed by atoms with Gasteiger partial charge < -0.3 is 5.73 Å². The van der Waals surface area contributed by atoms with Gasteiger partial charge in [0.25, 0.3) is 0 Å². The smallest absolute Gasteiger partial charge is 0.0332 e. The van der Waals surface area contributed by atoms with Crippen molar-refractivity contribution in [3.63, 3.8) is 0 Å². The molecule has 0 aromatic carbocycles. The lowest BCUT2D eigenvalue weighted by atomic mass is 10.1. The maximum Gasteiger partial charge on any atom is 0.0332 e. The SMILES string of the molecule is CSCCC(C)N(C)C1(CN)CC1. The van der Waals surface area contributed by atoms with E-state index < -0.39 is 0 Å². The van der Waals surface area contributed by atoms with E-state index in [0.717, 1.165) is 6.54 Å². The minimum Gasteiger partial charge on any atom is -0.329 e. The standard InChI is InChI=1S/C10H22N2S/c1-9(4-7-13-3)12(2)10(8-11)5-6-10/h9H,4-8,11H2,1-3H3. The average Bonchev–Trinajstić information content (AvgIpc) is 2.93. The molecule has 1 aliphatic carbocycles. The molecule has 0 heterocycles. The first-order chi connectivity index (χ1) is 6.16. The van der Waals surface area contributed by atoms with Gasteiger partial charge in [0.05, 0.1) is 0 Å². The lowest BCUT2D eigenvalue weighted by Crippen LogP contribution is -2.45. The van der Waals surface area contributed by atoms with Crippen LogP contribution in [-0.2, 0) is 0 Å². The molecule has 0 spiro atoms. The van der Waals surface area contributed by atoms with Crippen LogP contribution in [0, 0.1) is 0 Å². The van der Waals surface area contributed by atoms with Crippen LogP contribution in [0.2, 0.25) is 0 Å². The summed E-state index contributed by atoms with van der Waals surface area (Å²) in [6, 6.07) is 0.679. The fourth-order valence-electron chi connectivity index (χ4n) is 1.79. The van der Waals surface area contributed by atoms with Crippen molar-refractivity contribution in [2.45, 2.75) is 37.8 Å². The number of thioether (sulfide) groups is 1. The molecule has 0 saturated heterocycles. The van der Waals surface area contributed by atoms with Crippen molar-refractivity contribution in [3.05, 3.63) is 0 Å². The van der Waals surface area contributed by atoms with Crippen LogP contribution in [0.4, 0.5) is 0 Å². The van der Waals surface area contributed by atoms with E-state index in [1.165, 1.54) is 25.0 Å². The minimum absolute atomic E-state index is 0.373. The topological polar surface area (TPSA) is 29.3 Å². The first kappa shape index (κ1) is 11.3. The third kappa shape index (κ3) is 2.61. The van der Waals surface area contributed by atoms with Gasteiger partial charge in [-0.1, -0.05) is 0 Å². The largest absolute Gasteiger partial charge is 0.329 e. The van der Waals surface area contributed by atoms with Gasteiger partial charge in [0.15, 0.2) is 0 Å². The molecule has 0 amide bonds. The van der Waals surface area contributed by atoms with Gasteiger partial charge in [0.1, 0.15) is 0 Å². The fourth-order valence-corrected chi connectivity index (χ4v) is 2.37. The summed E-state index contributed by atoms with van der Waals surface area (Å²) in [6.45, 7) is 3.14. The summed E-state index contributed by atoms with van der Waals surface area (Å²) in [6.07, 6.45) is 6.04. The maximum atomic E-state index is 5.79. The predicted octanol–water partition coefficient (Wildman–Crippen LogP) is 1.55. The lowest BCUT2D eigenvalue weighted by Gasteiger charge is -2.32. The quantitative estimate of drug-likeness (QED) is 0.708. The van der Waals surface area contributed by atoms with E-state index in [1.807, 2.05) is 11.8 Å². The van der Waals surface area contributed by atoms with Crippen molar-refractivity contribution in [1.82, 2.24) is 4.90 Å². The minimum atomic E-state index is 0.373. The summed E-state index contributed by atoms with van der Waals surface area (Å²) in [5, 5.41) is 0. The Morgan fingerprint density at radius 1 is 1.54 bits per heavy atom. The first-order valence-corrected chi connectivity index (χ1v) is 6.47. The monoisotopic (exact) mass is 202 g/mol. The van der Waals surface area contributed by atoms with Crippen molar-refractivity contribution in [2.24, 2.45) is 5.73 Å². The highest BCUT2D eigenvalue weighted by atomic mass is 32.2. The molecule has 1 atom stereocenters. The van der Waals surface area contributed by atoms with E-state index in [-0.39, 0.29) is 0 Å². The molecule has 2 nitrogen and oxygen atoms in total. The number of hydrogen-bond acceptors (Lipinski definition) is 3. The molecule has 1 unspecified atom stereocenters. The number of rotatable bonds is 6. The van der Waals surface area contributed by atoms with E-state index >= 15 is 0 Å². The van der Waals surface area contributed by atoms with Crippen molar-refractivity contribution in [1.29, 1.82) is 0 Å². The molecule has 1 saturated carbocycles. The summed E-state index contributed by atoms with van der Waals surface area (Å²) in [5.41, 5.74) is 6.16. The molecule has 13 heavy (non-hydrogen) atoms. The van der Waals surface area contributed by atoms with Gasteiger partial charge in [-0.3, -0.25) is 4.90 Å². The zero-order valence-corrected chi connectivity index (χ0v) is 9.86. The molecular weight excluding hydrogens is 180 g/mol. The molecule has 0 bridgehead atoms. The second kappa shape index (κ2) is 4.67. The third-order valence-corrected chi connectivity index (χ3v) is 4.00. The van der Waals surface area contributed by atoms with Crippen LogP contribution in [0.1, 0.15) is 26.2 Å². The molecule has 1 rings (SSSR count). The molecular formula is C10H22N2S. The van der Waals surface area contributed by atoms with Crippen molar-refractivity contribution >= 4 is 11.8 Å². The number of nitrogens with two attached hydrogens (primary N) is 1. The molecule has 78 valence electrons. The van der Waals surface area contributed by atoms with Crippen molar-refractivity contribution in [2.75, 3.05) is 25.6 Å². The molecule has 3 heteroatoms. The zero-order valence-electron chi connectivity index (χ0n) is 9.05. The van der Waals surface area contributed by atoms with Crippen LogP contribution in [0.5, 0.6) is 0 Å². The zero-order chi connectivity index (χ0) is 9.90. The van der Waals surface area contributed by atoms with Crippen LogP contribution in [0.25, 0.3) is 0 Å². The highest BCUT2D eigenvalue weighted by molar-refractivity contribution is 7.98.